The Hall–Kier alpha value is -1.31. The topological polar surface area (TPSA) is 26.3 Å². The second-order valence-electron chi connectivity index (χ2n) is 3.13. The maximum absolute atomic E-state index is 9.68. The first-order valence-corrected chi connectivity index (χ1v) is 5.37. The highest BCUT2D eigenvalue weighted by Gasteiger charge is 2.10. The van der Waals surface area contributed by atoms with Crippen molar-refractivity contribution in [2.45, 2.75) is 34.1 Å². The third-order valence-electron chi connectivity index (χ3n) is 1.79. The van der Waals surface area contributed by atoms with Gasteiger partial charge in [0.05, 0.1) is 6.42 Å². The fraction of sp³-hybridized carbons (Fsp3) is 0.462. The van der Waals surface area contributed by atoms with Gasteiger partial charge in [-0.15, -0.1) is 0 Å². The Kier molecular flexibility index (Phi) is 7.33. The lowest BCUT2D eigenvalue weighted by atomic mass is 10.2. The molecule has 1 aromatic rings. The summed E-state index contributed by atoms with van der Waals surface area (Å²) in [5.74, 6) is -0.0648. The van der Waals surface area contributed by atoms with E-state index in [1.807, 2.05) is 13.8 Å². The summed E-state index contributed by atoms with van der Waals surface area (Å²) in [6.07, 6.45) is 0.625. The minimum Gasteiger partial charge on any atom is -0.465 e. The lowest BCUT2D eigenvalue weighted by Gasteiger charge is -2.09. The van der Waals surface area contributed by atoms with Gasteiger partial charge in [-0.05, 0) is 13.8 Å². The van der Waals surface area contributed by atoms with Crippen molar-refractivity contribution in [2.75, 3.05) is 6.61 Å². The second kappa shape index (κ2) is 8.04. The van der Waals surface area contributed by atoms with Gasteiger partial charge in [0.15, 0.2) is 0 Å². The maximum Gasteiger partial charge on any atom is 0.309 e. The van der Waals surface area contributed by atoms with Crippen molar-refractivity contribution < 1.29 is 9.53 Å². The molecule has 84 valence electrons. The van der Waals surface area contributed by atoms with Crippen LogP contribution in [0.2, 0.25) is 0 Å². The zero-order valence-electron chi connectivity index (χ0n) is 10.0. The summed E-state index contributed by atoms with van der Waals surface area (Å²) < 4.78 is 4.29. The Balaban J connectivity index is 0.000000241. The highest BCUT2D eigenvalue weighted by atomic mass is 16.6. The number of carbonyl (C=O) groups is 1. The Morgan fingerprint density at radius 3 is 1.40 bits per heavy atom. The van der Waals surface area contributed by atoms with Crippen molar-refractivity contribution in [3.8, 4) is 0 Å². The molecule has 2 nitrogen and oxygen atoms in total. The first-order valence-electron chi connectivity index (χ1n) is 5.37. The molecule has 0 unspecified atom stereocenters. The number of carbonyl (C=O) groups excluding carboxylic acids is 1. The van der Waals surface area contributed by atoms with Gasteiger partial charge in [0.2, 0.25) is 0 Å². The number of aryl methyl sites for hydroxylation is 2. The van der Waals surface area contributed by atoms with Gasteiger partial charge < -0.3 is 4.74 Å². The van der Waals surface area contributed by atoms with Crippen LogP contribution in [0.1, 0.15) is 31.4 Å². The standard InChI is InChI=1S/C8H10.C3H4O2.C2H6/c1-7-3-5-8(2)6-4-7;4-3-1-2-5-3;1-2/h3-6H,1-2H3;1-2H2;1-2H3. The Morgan fingerprint density at radius 2 is 1.27 bits per heavy atom. The van der Waals surface area contributed by atoms with E-state index in [9.17, 15) is 4.79 Å². The quantitative estimate of drug-likeness (QED) is 0.612. The van der Waals surface area contributed by atoms with Crippen LogP contribution in [0.25, 0.3) is 0 Å². The molecule has 0 amide bonds. The molecule has 1 aliphatic rings. The molecule has 0 saturated carbocycles. The summed E-state index contributed by atoms with van der Waals surface area (Å²) in [5, 5.41) is 0. The zero-order chi connectivity index (χ0) is 11.7. The van der Waals surface area contributed by atoms with Crippen molar-refractivity contribution in [3.63, 3.8) is 0 Å². The molecule has 2 rings (SSSR count). The second-order valence-corrected chi connectivity index (χ2v) is 3.13. The molecule has 0 aliphatic carbocycles. The highest BCUT2D eigenvalue weighted by Crippen LogP contribution is 1.99. The van der Waals surface area contributed by atoms with Crippen molar-refractivity contribution in [2.24, 2.45) is 0 Å². The molecule has 15 heavy (non-hydrogen) atoms. The summed E-state index contributed by atoms with van der Waals surface area (Å²) in [6.45, 7) is 8.83. The molecule has 2 heteroatoms. The van der Waals surface area contributed by atoms with Gasteiger partial charge in [-0.25, -0.2) is 0 Å². The van der Waals surface area contributed by atoms with Crippen LogP contribution in [0.5, 0.6) is 0 Å². The van der Waals surface area contributed by atoms with Gasteiger partial charge in [-0.3, -0.25) is 4.79 Å². The molecule has 0 spiro atoms. The van der Waals surface area contributed by atoms with Gasteiger partial charge in [-0.1, -0.05) is 49.2 Å². The van der Waals surface area contributed by atoms with Crippen molar-refractivity contribution in [1.82, 2.24) is 0 Å². The molecular weight excluding hydrogens is 188 g/mol. The van der Waals surface area contributed by atoms with Gasteiger partial charge in [0.25, 0.3) is 0 Å². The smallest absolute Gasteiger partial charge is 0.309 e. The van der Waals surface area contributed by atoms with Crippen molar-refractivity contribution in [3.05, 3.63) is 35.4 Å². The first-order chi connectivity index (χ1) is 7.18. The van der Waals surface area contributed by atoms with Crippen LogP contribution < -0.4 is 0 Å². The normalized spacial score (nSPS) is 12.1. The van der Waals surface area contributed by atoms with E-state index in [0.29, 0.717) is 13.0 Å². The Labute approximate surface area is 92.3 Å². The third kappa shape index (κ3) is 6.72. The van der Waals surface area contributed by atoms with E-state index < -0.39 is 0 Å². The van der Waals surface area contributed by atoms with Crippen LogP contribution in [-0.4, -0.2) is 12.6 Å². The maximum atomic E-state index is 9.68. The van der Waals surface area contributed by atoms with Crippen LogP contribution in [-0.2, 0) is 9.53 Å². The Bertz CT molecular complexity index is 248. The van der Waals surface area contributed by atoms with E-state index in [-0.39, 0.29) is 5.97 Å². The average Bonchev–Trinajstić information content (AvgIpc) is 2.23. The molecule has 0 aromatic heterocycles. The number of rotatable bonds is 0. The lowest BCUT2D eigenvalue weighted by molar-refractivity contribution is -0.157. The lowest BCUT2D eigenvalue weighted by Crippen LogP contribution is -2.18. The van der Waals surface area contributed by atoms with Crippen LogP contribution >= 0.6 is 0 Å². The summed E-state index contributed by atoms with van der Waals surface area (Å²) in [7, 11) is 0. The van der Waals surface area contributed by atoms with Crippen LogP contribution in [0.15, 0.2) is 24.3 Å². The number of ether oxygens (including phenoxy) is 1. The SMILES string of the molecule is CC.Cc1ccc(C)cc1.O=C1CCO1. The van der Waals surface area contributed by atoms with Crippen LogP contribution in [0.4, 0.5) is 0 Å². The van der Waals surface area contributed by atoms with Crippen LogP contribution in [0.3, 0.4) is 0 Å². The summed E-state index contributed by atoms with van der Waals surface area (Å²) in [6, 6.07) is 8.48. The molecule has 0 N–H and O–H groups in total. The molecule has 1 heterocycles. The molecule has 1 aromatic carbocycles. The molecule has 1 aliphatic heterocycles. The predicted molar refractivity (Wildman–Crippen MR) is 62.8 cm³/mol. The number of esters is 1. The van der Waals surface area contributed by atoms with E-state index in [2.05, 4.69) is 42.8 Å². The summed E-state index contributed by atoms with van der Waals surface area (Å²) in [4.78, 5) is 9.68. The largest absolute Gasteiger partial charge is 0.465 e. The summed E-state index contributed by atoms with van der Waals surface area (Å²) in [5.41, 5.74) is 2.66. The summed E-state index contributed by atoms with van der Waals surface area (Å²) >= 11 is 0. The number of hydrogen-bond acceptors (Lipinski definition) is 2. The van der Waals surface area contributed by atoms with Gasteiger partial charge in [-0.2, -0.15) is 0 Å². The van der Waals surface area contributed by atoms with Gasteiger partial charge >= 0.3 is 5.97 Å². The van der Waals surface area contributed by atoms with Crippen LogP contribution in [0, 0.1) is 13.8 Å². The predicted octanol–water partition coefficient (Wildman–Crippen LogP) is 3.26. The number of hydrogen-bond donors (Lipinski definition) is 0. The minimum atomic E-state index is -0.0648. The molecule has 1 saturated heterocycles. The monoisotopic (exact) mass is 208 g/mol. The molecule has 0 radical (unpaired) electrons. The van der Waals surface area contributed by atoms with Gasteiger partial charge in [0, 0.05) is 0 Å². The average molecular weight is 208 g/mol. The molecule has 0 bridgehead atoms. The number of cyclic esters (lactones) is 1. The van der Waals surface area contributed by atoms with E-state index in [1.54, 1.807) is 0 Å². The fourth-order valence-electron chi connectivity index (χ4n) is 0.822. The highest BCUT2D eigenvalue weighted by molar-refractivity contribution is 5.73. The van der Waals surface area contributed by atoms with E-state index in [1.165, 1.54) is 11.1 Å². The van der Waals surface area contributed by atoms with Crippen molar-refractivity contribution >= 4 is 5.97 Å². The molecular formula is C13H20O2. The number of benzene rings is 1. The van der Waals surface area contributed by atoms with E-state index in [4.69, 9.17) is 0 Å². The zero-order valence-corrected chi connectivity index (χ0v) is 10.0. The fourth-order valence-corrected chi connectivity index (χ4v) is 0.822. The first kappa shape index (κ1) is 13.7. The molecule has 0 atom stereocenters. The third-order valence-corrected chi connectivity index (χ3v) is 1.79. The van der Waals surface area contributed by atoms with Crippen molar-refractivity contribution in [1.29, 1.82) is 0 Å². The van der Waals surface area contributed by atoms with E-state index in [0.717, 1.165) is 0 Å². The molecule has 1 fully saturated rings. The minimum absolute atomic E-state index is 0.0648. The van der Waals surface area contributed by atoms with E-state index >= 15 is 0 Å². The van der Waals surface area contributed by atoms with Gasteiger partial charge in [0.1, 0.15) is 6.61 Å². The Morgan fingerprint density at radius 1 is 1.00 bits per heavy atom.